The van der Waals surface area contributed by atoms with Crippen molar-refractivity contribution in [1.82, 2.24) is 0 Å². The Morgan fingerprint density at radius 2 is 1.86 bits per heavy atom. The fraction of sp³-hybridized carbons (Fsp3) is 0.333. The lowest BCUT2D eigenvalue weighted by atomic mass is 9.90. The molecule has 0 radical (unpaired) electrons. The Balaban J connectivity index is 2.22. The minimum Gasteiger partial charge on any atom is -0.496 e. The highest BCUT2D eigenvalue weighted by molar-refractivity contribution is 5.39. The third-order valence-corrected chi connectivity index (χ3v) is 3.84. The van der Waals surface area contributed by atoms with Crippen LogP contribution in [0, 0.1) is 5.82 Å². The highest BCUT2D eigenvalue weighted by Crippen LogP contribution is 2.26. The summed E-state index contributed by atoms with van der Waals surface area (Å²) in [6.45, 7) is 2.67. The van der Waals surface area contributed by atoms with Gasteiger partial charge in [-0.3, -0.25) is 0 Å². The zero-order chi connectivity index (χ0) is 15.2. The molecule has 1 unspecified atom stereocenters. The highest BCUT2D eigenvalue weighted by Gasteiger charge is 2.13. The van der Waals surface area contributed by atoms with Crippen LogP contribution in [-0.4, -0.2) is 13.7 Å². The lowest BCUT2D eigenvalue weighted by Crippen LogP contribution is -2.15. The highest BCUT2D eigenvalue weighted by atomic mass is 19.1. The van der Waals surface area contributed by atoms with Crippen LogP contribution in [0.5, 0.6) is 5.75 Å². The van der Waals surface area contributed by atoms with E-state index in [-0.39, 0.29) is 11.7 Å². The first-order chi connectivity index (χ1) is 10.2. The van der Waals surface area contributed by atoms with E-state index in [1.54, 1.807) is 7.11 Å². The number of hydrogen-bond donors (Lipinski definition) is 1. The van der Waals surface area contributed by atoms with E-state index in [1.165, 1.54) is 23.3 Å². The maximum Gasteiger partial charge on any atom is 0.123 e. The molecule has 2 aromatic rings. The molecular weight excluding hydrogens is 265 g/mol. The standard InChI is InChI=1S/C18H22FNO/c1-3-14-11-15(6-9-18(14)21-2)16(12-20)10-13-4-7-17(19)8-5-13/h4-9,11,16H,3,10,12,20H2,1-2H3. The number of nitrogens with two attached hydrogens (primary N) is 1. The van der Waals surface area contributed by atoms with Gasteiger partial charge in [0.05, 0.1) is 7.11 Å². The minimum atomic E-state index is -0.208. The van der Waals surface area contributed by atoms with Gasteiger partial charge in [-0.25, -0.2) is 4.39 Å². The lowest BCUT2D eigenvalue weighted by Gasteiger charge is -2.17. The second-order valence-electron chi connectivity index (χ2n) is 5.19. The van der Waals surface area contributed by atoms with Crippen molar-refractivity contribution < 1.29 is 9.13 Å². The predicted octanol–water partition coefficient (Wildman–Crippen LogP) is 3.68. The Morgan fingerprint density at radius 3 is 2.43 bits per heavy atom. The Hall–Kier alpha value is -1.87. The Labute approximate surface area is 125 Å². The molecule has 21 heavy (non-hydrogen) atoms. The van der Waals surface area contributed by atoms with Gasteiger partial charge in [0, 0.05) is 5.92 Å². The van der Waals surface area contributed by atoms with Crippen LogP contribution in [0.4, 0.5) is 4.39 Å². The number of methoxy groups -OCH3 is 1. The van der Waals surface area contributed by atoms with Gasteiger partial charge < -0.3 is 10.5 Å². The van der Waals surface area contributed by atoms with Crippen molar-refractivity contribution >= 4 is 0 Å². The average Bonchev–Trinajstić information content (AvgIpc) is 2.53. The first kappa shape index (κ1) is 15.5. The molecule has 0 aliphatic rings. The number of rotatable bonds is 6. The summed E-state index contributed by atoms with van der Waals surface area (Å²) in [7, 11) is 1.69. The fourth-order valence-electron chi connectivity index (χ4n) is 2.57. The zero-order valence-corrected chi connectivity index (χ0v) is 12.6. The van der Waals surface area contributed by atoms with Gasteiger partial charge in [-0.1, -0.05) is 31.2 Å². The van der Waals surface area contributed by atoms with Crippen LogP contribution in [0.2, 0.25) is 0 Å². The number of hydrogen-bond acceptors (Lipinski definition) is 2. The molecule has 0 aliphatic carbocycles. The maximum atomic E-state index is 13.0. The van der Waals surface area contributed by atoms with E-state index in [0.717, 1.165) is 24.2 Å². The van der Waals surface area contributed by atoms with Crippen LogP contribution in [0.25, 0.3) is 0 Å². The molecule has 0 saturated heterocycles. The van der Waals surface area contributed by atoms with Crippen molar-refractivity contribution in [1.29, 1.82) is 0 Å². The molecule has 2 rings (SSSR count). The summed E-state index contributed by atoms with van der Waals surface area (Å²) < 4.78 is 18.3. The van der Waals surface area contributed by atoms with Crippen molar-refractivity contribution in [3.8, 4) is 5.75 Å². The summed E-state index contributed by atoms with van der Waals surface area (Å²) in [4.78, 5) is 0. The topological polar surface area (TPSA) is 35.2 Å². The number of halogens is 1. The molecule has 0 fully saturated rings. The van der Waals surface area contributed by atoms with Crippen molar-refractivity contribution in [2.24, 2.45) is 5.73 Å². The van der Waals surface area contributed by atoms with E-state index < -0.39 is 0 Å². The lowest BCUT2D eigenvalue weighted by molar-refractivity contribution is 0.410. The van der Waals surface area contributed by atoms with Crippen LogP contribution in [0.1, 0.15) is 29.5 Å². The van der Waals surface area contributed by atoms with Gasteiger partial charge >= 0.3 is 0 Å². The minimum absolute atomic E-state index is 0.208. The van der Waals surface area contributed by atoms with Crippen LogP contribution < -0.4 is 10.5 Å². The molecule has 1 atom stereocenters. The summed E-state index contributed by atoms with van der Waals surface area (Å²) in [5, 5.41) is 0. The maximum absolute atomic E-state index is 13.0. The summed E-state index contributed by atoms with van der Waals surface area (Å²) in [5.41, 5.74) is 9.43. The van der Waals surface area contributed by atoms with Gasteiger partial charge in [-0.2, -0.15) is 0 Å². The van der Waals surface area contributed by atoms with Gasteiger partial charge in [0.15, 0.2) is 0 Å². The monoisotopic (exact) mass is 287 g/mol. The first-order valence-corrected chi connectivity index (χ1v) is 7.29. The first-order valence-electron chi connectivity index (χ1n) is 7.29. The van der Waals surface area contributed by atoms with Crippen LogP contribution in [0.15, 0.2) is 42.5 Å². The van der Waals surface area contributed by atoms with Crippen molar-refractivity contribution in [2.75, 3.05) is 13.7 Å². The smallest absolute Gasteiger partial charge is 0.123 e. The third-order valence-electron chi connectivity index (χ3n) is 3.84. The summed E-state index contributed by atoms with van der Waals surface area (Å²) in [5.74, 6) is 0.936. The second kappa shape index (κ2) is 7.23. The normalized spacial score (nSPS) is 12.2. The number of aryl methyl sites for hydroxylation is 1. The zero-order valence-electron chi connectivity index (χ0n) is 12.6. The molecule has 0 aromatic heterocycles. The summed E-state index contributed by atoms with van der Waals surface area (Å²) in [6.07, 6.45) is 1.73. The summed E-state index contributed by atoms with van der Waals surface area (Å²) in [6, 6.07) is 12.9. The molecule has 0 bridgehead atoms. The molecule has 0 aliphatic heterocycles. The quantitative estimate of drug-likeness (QED) is 0.879. The van der Waals surface area contributed by atoms with Crippen molar-refractivity contribution in [3.63, 3.8) is 0 Å². The molecule has 0 spiro atoms. The van der Waals surface area contributed by atoms with Crippen LogP contribution in [-0.2, 0) is 12.8 Å². The fourth-order valence-corrected chi connectivity index (χ4v) is 2.57. The Kier molecular flexibility index (Phi) is 5.34. The van der Waals surface area contributed by atoms with Crippen molar-refractivity contribution in [2.45, 2.75) is 25.7 Å². The van der Waals surface area contributed by atoms with Gasteiger partial charge in [-0.15, -0.1) is 0 Å². The van der Waals surface area contributed by atoms with Gasteiger partial charge in [0.1, 0.15) is 11.6 Å². The molecule has 2 aromatic carbocycles. The average molecular weight is 287 g/mol. The van der Waals surface area contributed by atoms with E-state index in [4.69, 9.17) is 10.5 Å². The SMILES string of the molecule is CCc1cc(C(CN)Cc2ccc(F)cc2)ccc1OC. The molecule has 0 heterocycles. The van der Waals surface area contributed by atoms with Crippen molar-refractivity contribution in [3.05, 3.63) is 65.0 Å². The number of benzene rings is 2. The molecule has 0 amide bonds. The van der Waals surface area contributed by atoms with E-state index >= 15 is 0 Å². The van der Waals surface area contributed by atoms with Crippen LogP contribution >= 0.6 is 0 Å². The molecule has 112 valence electrons. The van der Waals surface area contributed by atoms with E-state index in [1.807, 2.05) is 18.2 Å². The van der Waals surface area contributed by atoms with Gasteiger partial charge in [0.25, 0.3) is 0 Å². The van der Waals surface area contributed by atoms with Gasteiger partial charge in [-0.05, 0) is 54.3 Å². The van der Waals surface area contributed by atoms with E-state index in [9.17, 15) is 4.39 Å². The van der Waals surface area contributed by atoms with Gasteiger partial charge in [0.2, 0.25) is 0 Å². The Morgan fingerprint density at radius 1 is 1.14 bits per heavy atom. The molecule has 2 nitrogen and oxygen atoms in total. The van der Waals surface area contributed by atoms with E-state index in [2.05, 4.69) is 19.1 Å². The van der Waals surface area contributed by atoms with E-state index in [0.29, 0.717) is 6.54 Å². The predicted molar refractivity (Wildman–Crippen MR) is 84.3 cm³/mol. The Bertz CT molecular complexity index is 580. The van der Waals surface area contributed by atoms with Crippen LogP contribution in [0.3, 0.4) is 0 Å². The molecule has 2 N–H and O–H groups in total. The summed E-state index contributed by atoms with van der Waals surface area (Å²) >= 11 is 0. The largest absolute Gasteiger partial charge is 0.496 e. The number of ether oxygens (including phenoxy) is 1. The molecule has 0 saturated carbocycles. The second-order valence-corrected chi connectivity index (χ2v) is 5.19. The third kappa shape index (κ3) is 3.82. The molecular formula is C18H22FNO. The molecule has 3 heteroatoms.